The van der Waals surface area contributed by atoms with E-state index in [1.54, 1.807) is 0 Å². The average molecular weight is 179 g/mol. The Labute approximate surface area is 56.3 Å². The van der Waals surface area contributed by atoms with Crippen LogP contribution in [0.25, 0.3) is 0 Å². The number of fused-ring (bicyclic) bond motifs is 1. The molecular formula is C5H7BrO2. The van der Waals surface area contributed by atoms with Crippen LogP contribution < -0.4 is 0 Å². The largest absolute Gasteiger partial charge is 0.372 e. The second-order valence-electron chi connectivity index (χ2n) is 2.12. The third-order valence-electron chi connectivity index (χ3n) is 1.51. The SMILES string of the molecule is BrC1[C@H]2OCCO[C@@H]12. The van der Waals surface area contributed by atoms with Crippen molar-refractivity contribution in [2.24, 2.45) is 0 Å². The first-order valence-electron chi connectivity index (χ1n) is 2.77. The van der Waals surface area contributed by atoms with Crippen molar-refractivity contribution in [3.8, 4) is 0 Å². The summed E-state index contributed by atoms with van der Waals surface area (Å²) in [5, 5.41) is 0. The molecule has 1 saturated carbocycles. The molecule has 1 aliphatic heterocycles. The van der Waals surface area contributed by atoms with Gasteiger partial charge in [0.05, 0.1) is 18.0 Å². The molecule has 2 nitrogen and oxygen atoms in total. The van der Waals surface area contributed by atoms with E-state index in [0.717, 1.165) is 13.2 Å². The molecule has 1 saturated heterocycles. The summed E-state index contributed by atoms with van der Waals surface area (Å²) in [6, 6.07) is 0. The molecule has 8 heavy (non-hydrogen) atoms. The summed E-state index contributed by atoms with van der Waals surface area (Å²) in [4.78, 5) is 0.477. The highest BCUT2D eigenvalue weighted by Gasteiger charge is 2.52. The Morgan fingerprint density at radius 2 is 1.62 bits per heavy atom. The molecule has 46 valence electrons. The number of alkyl halides is 1. The topological polar surface area (TPSA) is 18.5 Å². The van der Waals surface area contributed by atoms with Crippen LogP contribution in [0.4, 0.5) is 0 Å². The van der Waals surface area contributed by atoms with Gasteiger partial charge in [-0.1, -0.05) is 15.9 Å². The highest BCUT2D eigenvalue weighted by Crippen LogP contribution is 2.38. The Kier molecular flexibility index (Phi) is 1.10. The van der Waals surface area contributed by atoms with Gasteiger partial charge in [0.2, 0.25) is 0 Å². The lowest BCUT2D eigenvalue weighted by molar-refractivity contribution is -0.0376. The fourth-order valence-corrected chi connectivity index (χ4v) is 1.70. The molecule has 2 fully saturated rings. The van der Waals surface area contributed by atoms with E-state index in [1.165, 1.54) is 0 Å². The minimum absolute atomic E-state index is 0.365. The number of ether oxygens (including phenoxy) is 2. The average Bonchev–Trinajstić information content (AvgIpc) is 2.46. The zero-order valence-electron chi connectivity index (χ0n) is 4.34. The second-order valence-corrected chi connectivity index (χ2v) is 3.17. The first-order valence-corrected chi connectivity index (χ1v) is 3.68. The zero-order chi connectivity index (χ0) is 5.56. The third-order valence-corrected chi connectivity index (χ3v) is 2.56. The number of hydrogen-bond acceptors (Lipinski definition) is 2. The molecule has 0 aromatic rings. The van der Waals surface area contributed by atoms with Crippen molar-refractivity contribution in [2.45, 2.75) is 17.0 Å². The summed E-state index contributed by atoms with van der Waals surface area (Å²) in [5.41, 5.74) is 0. The van der Waals surface area contributed by atoms with Crippen molar-refractivity contribution in [3.63, 3.8) is 0 Å². The molecule has 0 N–H and O–H groups in total. The van der Waals surface area contributed by atoms with E-state index < -0.39 is 0 Å². The highest BCUT2D eigenvalue weighted by atomic mass is 79.9. The molecule has 2 rings (SSSR count). The van der Waals surface area contributed by atoms with Gasteiger partial charge >= 0.3 is 0 Å². The summed E-state index contributed by atoms with van der Waals surface area (Å²) in [6.45, 7) is 1.53. The molecular weight excluding hydrogens is 172 g/mol. The van der Waals surface area contributed by atoms with Crippen molar-refractivity contribution in [1.82, 2.24) is 0 Å². The van der Waals surface area contributed by atoms with Crippen LogP contribution in [0, 0.1) is 0 Å². The van der Waals surface area contributed by atoms with Crippen molar-refractivity contribution in [1.29, 1.82) is 0 Å². The van der Waals surface area contributed by atoms with E-state index >= 15 is 0 Å². The van der Waals surface area contributed by atoms with Gasteiger partial charge in [-0.25, -0.2) is 0 Å². The molecule has 0 amide bonds. The minimum atomic E-state index is 0.365. The van der Waals surface area contributed by atoms with Crippen molar-refractivity contribution < 1.29 is 9.47 Å². The van der Waals surface area contributed by atoms with Gasteiger partial charge in [0.15, 0.2) is 0 Å². The first kappa shape index (κ1) is 5.21. The van der Waals surface area contributed by atoms with Crippen LogP contribution >= 0.6 is 15.9 Å². The molecule has 0 bridgehead atoms. The van der Waals surface area contributed by atoms with Crippen LogP contribution in [0.3, 0.4) is 0 Å². The van der Waals surface area contributed by atoms with Gasteiger partial charge < -0.3 is 9.47 Å². The first-order chi connectivity index (χ1) is 3.89. The summed E-state index contributed by atoms with van der Waals surface area (Å²) >= 11 is 3.43. The van der Waals surface area contributed by atoms with Crippen molar-refractivity contribution >= 4 is 15.9 Å². The lowest BCUT2D eigenvalue weighted by atomic mass is 10.6. The highest BCUT2D eigenvalue weighted by molar-refractivity contribution is 9.09. The minimum Gasteiger partial charge on any atom is -0.372 e. The zero-order valence-corrected chi connectivity index (χ0v) is 5.93. The Morgan fingerprint density at radius 3 is 2.00 bits per heavy atom. The predicted molar refractivity (Wildman–Crippen MR) is 32.2 cm³/mol. The van der Waals surface area contributed by atoms with E-state index in [9.17, 15) is 0 Å². The van der Waals surface area contributed by atoms with Gasteiger partial charge in [0.1, 0.15) is 12.2 Å². The van der Waals surface area contributed by atoms with Gasteiger partial charge in [-0.2, -0.15) is 0 Å². The number of hydrogen-bond donors (Lipinski definition) is 0. The smallest absolute Gasteiger partial charge is 0.100 e. The maximum absolute atomic E-state index is 5.29. The molecule has 3 heteroatoms. The van der Waals surface area contributed by atoms with Crippen LogP contribution in [-0.2, 0) is 9.47 Å². The lowest BCUT2D eigenvalue weighted by Gasteiger charge is -2.08. The standard InChI is InChI=1S/C5H7BrO2/c6-3-4-5(3)8-2-1-7-4/h3-5H,1-2H2/t3?,4-,5+. The number of rotatable bonds is 0. The van der Waals surface area contributed by atoms with Gasteiger partial charge in [0.25, 0.3) is 0 Å². The normalized spacial score (nSPS) is 52.9. The monoisotopic (exact) mass is 178 g/mol. The Hall–Kier alpha value is 0.400. The fraction of sp³-hybridized carbons (Fsp3) is 1.00. The van der Waals surface area contributed by atoms with Gasteiger partial charge in [-0.3, -0.25) is 0 Å². The van der Waals surface area contributed by atoms with Crippen LogP contribution in [0.15, 0.2) is 0 Å². The molecule has 0 aromatic carbocycles. The Balaban J connectivity index is 1.97. The van der Waals surface area contributed by atoms with E-state index in [2.05, 4.69) is 15.9 Å². The quantitative estimate of drug-likeness (QED) is 0.505. The Bertz CT molecular complexity index is 94.6. The third kappa shape index (κ3) is 0.616. The summed E-state index contributed by atoms with van der Waals surface area (Å²) < 4.78 is 10.6. The molecule has 1 heterocycles. The maximum atomic E-state index is 5.29. The molecule has 0 spiro atoms. The van der Waals surface area contributed by atoms with E-state index in [-0.39, 0.29) is 0 Å². The molecule has 1 aliphatic carbocycles. The van der Waals surface area contributed by atoms with Crippen LogP contribution in [0.2, 0.25) is 0 Å². The van der Waals surface area contributed by atoms with Gasteiger partial charge in [0, 0.05) is 0 Å². The molecule has 3 atom stereocenters. The molecule has 0 aromatic heterocycles. The fourth-order valence-electron chi connectivity index (χ4n) is 0.966. The molecule has 2 aliphatic rings. The summed E-state index contributed by atoms with van der Waals surface area (Å²) in [5.74, 6) is 0. The second kappa shape index (κ2) is 1.69. The van der Waals surface area contributed by atoms with E-state index in [4.69, 9.17) is 9.47 Å². The summed E-state index contributed by atoms with van der Waals surface area (Å²) in [6.07, 6.45) is 0.729. The van der Waals surface area contributed by atoms with Crippen molar-refractivity contribution in [2.75, 3.05) is 13.2 Å². The number of halogens is 1. The Morgan fingerprint density at radius 1 is 1.12 bits per heavy atom. The summed E-state index contributed by atoms with van der Waals surface area (Å²) in [7, 11) is 0. The maximum Gasteiger partial charge on any atom is 0.100 e. The lowest BCUT2D eigenvalue weighted by Crippen LogP contribution is -2.16. The van der Waals surface area contributed by atoms with Gasteiger partial charge in [-0.15, -0.1) is 0 Å². The van der Waals surface area contributed by atoms with Gasteiger partial charge in [-0.05, 0) is 0 Å². The van der Waals surface area contributed by atoms with Crippen LogP contribution in [0.1, 0.15) is 0 Å². The van der Waals surface area contributed by atoms with Crippen molar-refractivity contribution in [3.05, 3.63) is 0 Å². The van der Waals surface area contributed by atoms with Crippen LogP contribution in [-0.4, -0.2) is 30.2 Å². The van der Waals surface area contributed by atoms with Crippen LogP contribution in [0.5, 0.6) is 0 Å². The molecule has 1 unspecified atom stereocenters. The predicted octanol–water partition coefficient (Wildman–Crippen LogP) is 0.548. The van der Waals surface area contributed by atoms with E-state index in [0.29, 0.717) is 17.0 Å². The molecule has 0 radical (unpaired) electrons. The van der Waals surface area contributed by atoms with E-state index in [1.807, 2.05) is 0 Å².